The number of benzene rings is 2. The van der Waals surface area contributed by atoms with E-state index in [0.717, 1.165) is 11.1 Å². The van der Waals surface area contributed by atoms with E-state index in [0.29, 0.717) is 5.56 Å². The third-order valence-corrected chi connectivity index (χ3v) is 4.17. The van der Waals surface area contributed by atoms with E-state index in [1.807, 2.05) is 19.9 Å². The average molecular weight is 304 g/mol. The van der Waals surface area contributed by atoms with Crippen LogP contribution in [-0.2, 0) is 10.1 Å². The van der Waals surface area contributed by atoms with Gasteiger partial charge in [0.1, 0.15) is 10.6 Å². The number of Topliss-reactive ketones (excluding diaryl/α,β-unsaturated/α-hetero) is 1. The van der Waals surface area contributed by atoms with Crippen LogP contribution in [0.2, 0.25) is 0 Å². The van der Waals surface area contributed by atoms with Crippen LogP contribution < -0.4 is 4.18 Å². The first-order valence-electron chi connectivity index (χ1n) is 6.42. The van der Waals surface area contributed by atoms with Gasteiger partial charge in [-0.25, -0.2) is 0 Å². The molecule has 0 aliphatic heterocycles. The molecule has 21 heavy (non-hydrogen) atoms. The van der Waals surface area contributed by atoms with Gasteiger partial charge in [0, 0.05) is 5.56 Å². The summed E-state index contributed by atoms with van der Waals surface area (Å²) in [5.74, 6) is 0.0687. The minimum atomic E-state index is -3.96. The molecule has 0 unspecified atom stereocenters. The van der Waals surface area contributed by atoms with Crippen molar-refractivity contribution in [1.29, 1.82) is 0 Å². The van der Waals surface area contributed by atoms with Crippen molar-refractivity contribution >= 4 is 15.9 Å². The van der Waals surface area contributed by atoms with Crippen LogP contribution in [0.4, 0.5) is 0 Å². The van der Waals surface area contributed by atoms with Crippen LogP contribution in [0.1, 0.15) is 28.4 Å². The number of ketones is 1. The van der Waals surface area contributed by atoms with Crippen molar-refractivity contribution in [3.05, 3.63) is 59.2 Å². The van der Waals surface area contributed by atoms with E-state index >= 15 is 0 Å². The summed E-state index contributed by atoms with van der Waals surface area (Å²) in [6, 6.07) is 11.0. The van der Waals surface area contributed by atoms with Gasteiger partial charge in [0.05, 0.1) is 0 Å². The zero-order chi connectivity index (χ0) is 15.6. The zero-order valence-electron chi connectivity index (χ0n) is 12.1. The van der Waals surface area contributed by atoms with Gasteiger partial charge in [0.25, 0.3) is 0 Å². The number of hydrogen-bond acceptors (Lipinski definition) is 4. The summed E-state index contributed by atoms with van der Waals surface area (Å²) in [5.41, 5.74) is 2.16. The molecule has 0 aliphatic carbocycles. The first-order chi connectivity index (χ1) is 9.78. The first-order valence-corrected chi connectivity index (χ1v) is 7.82. The number of carbonyl (C=O) groups is 1. The van der Waals surface area contributed by atoms with Crippen LogP contribution >= 0.6 is 0 Å². The second kappa shape index (κ2) is 5.69. The molecule has 0 fully saturated rings. The van der Waals surface area contributed by atoms with E-state index in [9.17, 15) is 13.2 Å². The number of aryl methyl sites for hydroxylation is 2. The van der Waals surface area contributed by atoms with Gasteiger partial charge >= 0.3 is 10.1 Å². The molecule has 2 rings (SSSR count). The van der Waals surface area contributed by atoms with Crippen LogP contribution in [0, 0.1) is 13.8 Å². The van der Waals surface area contributed by atoms with Crippen molar-refractivity contribution in [3.8, 4) is 5.75 Å². The van der Waals surface area contributed by atoms with Gasteiger partial charge in [-0.05, 0) is 56.2 Å². The highest BCUT2D eigenvalue weighted by Gasteiger charge is 2.18. The summed E-state index contributed by atoms with van der Waals surface area (Å²) >= 11 is 0. The highest BCUT2D eigenvalue weighted by Crippen LogP contribution is 2.22. The standard InChI is InChI=1S/C16H16O4S/c1-11-7-12(2)9-15(8-11)20-21(18,19)16-6-4-5-14(10-16)13(3)17/h4-10H,1-3H3. The van der Waals surface area contributed by atoms with Gasteiger partial charge in [0.15, 0.2) is 5.78 Å². The van der Waals surface area contributed by atoms with Crippen molar-refractivity contribution in [2.45, 2.75) is 25.7 Å². The average Bonchev–Trinajstić information content (AvgIpc) is 2.37. The molecule has 0 spiro atoms. The summed E-state index contributed by atoms with van der Waals surface area (Å²) < 4.78 is 29.7. The fourth-order valence-electron chi connectivity index (χ4n) is 2.03. The molecule has 0 saturated heterocycles. The lowest BCUT2D eigenvalue weighted by Crippen LogP contribution is -2.10. The maximum absolute atomic E-state index is 12.3. The van der Waals surface area contributed by atoms with Gasteiger partial charge in [-0.1, -0.05) is 18.2 Å². The van der Waals surface area contributed by atoms with Crippen molar-refractivity contribution in [1.82, 2.24) is 0 Å². The maximum Gasteiger partial charge on any atom is 0.339 e. The molecule has 0 aliphatic rings. The predicted molar refractivity (Wildman–Crippen MR) is 80.2 cm³/mol. The van der Waals surface area contributed by atoms with E-state index in [4.69, 9.17) is 4.18 Å². The SMILES string of the molecule is CC(=O)c1cccc(S(=O)(=O)Oc2cc(C)cc(C)c2)c1. The smallest absolute Gasteiger partial charge is 0.339 e. The molecule has 0 saturated carbocycles. The Morgan fingerprint density at radius 1 is 1.00 bits per heavy atom. The molecule has 0 radical (unpaired) electrons. The third kappa shape index (κ3) is 3.70. The second-order valence-corrected chi connectivity index (χ2v) is 6.49. The Bertz CT molecular complexity index is 771. The molecule has 0 atom stereocenters. The van der Waals surface area contributed by atoms with Gasteiger partial charge in [-0.2, -0.15) is 8.42 Å². The monoisotopic (exact) mass is 304 g/mol. The summed E-state index contributed by atoms with van der Waals surface area (Å²) in [6.07, 6.45) is 0. The van der Waals surface area contributed by atoms with Gasteiger partial charge in [-0.3, -0.25) is 4.79 Å². The highest BCUT2D eigenvalue weighted by molar-refractivity contribution is 7.87. The Kier molecular flexibility index (Phi) is 4.14. The van der Waals surface area contributed by atoms with Gasteiger partial charge < -0.3 is 4.18 Å². The summed E-state index contributed by atoms with van der Waals surface area (Å²) in [7, 11) is -3.96. The topological polar surface area (TPSA) is 60.4 Å². The van der Waals surface area contributed by atoms with E-state index in [-0.39, 0.29) is 16.4 Å². The Hall–Kier alpha value is -2.14. The molecule has 0 N–H and O–H groups in total. The molecular weight excluding hydrogens is 288 g/mol. The Labute approximate surface area is 124 Å². The van der Waals surface area contributed by atoms with Crippen molar-refractivity contribution in [2.24, 2.45) is 0 Å². The van der Waals surface area contributed by atoms with Crippen LogP contribution in [0.25, 0.3) is 0 Å². The molecule has 110 valence electrons. The fraction of sp³-hybridized carbons (Fsp3) is 0.188. The van der Waals surface area contributed by atoms with Crippen molar-refractivity contribution in [3.63, 3.8) is 0 Å². The Morgan fingerprint density at radius 3 is 2.19 bits per heavy atom. The fourth-order valence-corrected chi connectivity index (χ4v) is 2.99. The van der Waals surface area contributed by atoms with E-state index in [2.05, 4.69) is 0 Å². The lowest BCUT2D eigenvalue weighted by Gasteiger charge is -2.09. The molecule has 0 aromatic heterocycles. The molecular formula is C16H16O4S. The molecule has 0 amide bonds. The molecule has 2 aromatic carbocycles. The lowest BCUT2D eigenvalue weighted by molar-refractivity contribution is 0.101. The number of rotatable bonds is 4. The maximum atomic E-state index is 12.3. The molecule has 0 heterocycles. The molecule has 5 heteroatoms. The summed E-state index contributed by atoms with van der Waals surface area (Å²) in [4.78, 5) is 11.3. The van der Waals surface area contributed by atoms with E-state index in [1.165, 1.54) is 25.1 Å². The molecule has 0 bridgehead atoms. The molecule has 2 aromatic rings. The van der Waals surface area contributed by atoms with Gasteiger partial charge in [0.2, 0.25) is 0 Å². The minimum Gasteiger partial charge on any atom is -0.379 e. The largest absolute Gasteiger partial charge is 0.379 e. The quantitative estimate of drug-likeness (QED) is 0.642. The van der Waals surface area contributed by atoms with Crippen LogP contribution in [0.5, 0.6) is 5.75 Å². The van der Waals surface area contributed by atoms with Gasteiger partial charge in [-0.15, -0.1) is 0 Å². The number of carbonyl (C=O) groups excluding carboxylic acids is 1. The predicted octanol–water partition coefficient (Wildman–Crippen LogP) is 3.27. The first kappa shape index (κ1) is 15.3. The Balaban J connectivity index is 2.38. The van der Waals surface area contributed by atoms with Crippen molar-refractivity contribution in [2.75, 3.05) is 0 Å². The normalized spacial score (nSPS) is 11.2. The highest BCUT2D eigenvalue weighted by atomic mass is 32.2. The second-order valence-electron chi connectivity index (χ2n) is 4.94. The van der Waals surface area contributed by atoms with E-state index < -0.39 is 10.1 Å². The minimum absolute atomic E-state index is 0.0330. The van der Waals surface area contributed by atoms with E-state index in [1.54, 1.807) is 18.2 Å². The Morgan fingerprint density at radius 2 is 1.62 bits per heavy atom. The zero-order valence-corrected chi connectivity index (χ0v) is 12.9. The van der Waals surface area contributed by atoms with Crippen LogP contribution in [0.15, 0.2) is 47.4 Å². The summed E-state index contributed by atoms with van der Waals surface area (Å²) in [5, 5.41) is 0. The van der Waals surface area contributed by atoms with Crippen LogP contribution in [-0.4, -0.2) is 14.2 Å². The lowest BCUT2D eigenvalue weighted by atomic mass is 10.1. The third-order valence-electron chi connectivity index (χ3n) is 2.93. The number of hydrogen-bond donors (Lipinski definition) is 0. The van der Waals surface area contributed by atoms with Crippen LogP contribution in [0.3, 0.4) is 0 Å². The van der Waals surface area contributed by atoms with Crippen molar-refractivity contribution < 1.29 is 17.4 Å². The summed E-state index contributed by atoms with van der Waals surface area (Å²) in [6.45, 7) is 5.11. The molecule has 4 nitrogen and oxygen atoms in total.